The number of nitrogens with two attached hydrogens (primary N) is 1. The number of carbonyl (C=O) groups excluding carboxylic acids is 2. The molecule has 0 saturated heterocycles. The van der Waals surface area contributed by atoms with E-state index in [0.717, 1.165) is 5.56 Å². The fourth-order valence-corrected chi connectivity index (χ4v) is 1.98. The van der Waals surface area contributed by atoms with E-state index in [-0.39, 0.29) is 18.4 Å². The number of aryl methyl sites for hydroxylation is 1. The number of amides is 1. The van der Waals surface area contributed by atoms with Crippen LogP contribution in [0.5, 0.6) is 0 Å². The van der Waals surface area contributed by atoms with Crippen LogP contribution in [-0.4, -0.2) is 36.5 Å². The lowest BCUT2D eigenvalue weighted by Crippen LogP contribution is -2.39. The van der Waals surface area contributed by atoms with Crippen LogP contribution in [-0.2, 0) is 9.53 Å². The molecule has 0 aromatic heterocycles. The van der Waals surface area contributed by atoms with Gasteiger partial charge < -0.3 is 15.4 Å². The lowest BCUT2D eigenvalue weighted by molar-refractivity contribution is -0.143. The summed E-state index contributed by atoms with van der Waals surface area (Å²) in [5, 5.41) is 0. The van der Waals surface area contributed by atoms with Gasteiger partial charge in [-0.1, -0.05) is 19.9 Å². The Kier molecular flexibility index (Phi) is 6.21. The number of esters is 1. The Bertz CT molecular complexity index is 512. The highest BCUT2D eigenvalue weighted by atomic mass is 16.5. The Balaban J connectivity index is 2.92. The Morgan fingerprint density at radius 1 is 1.33 bits per heavy atom. The van der Waals surface area contributed by atoms with Crippen molar-refractivity contribution in [2.24, 2.45) is 5.92 Å². The number of nitrogens with zero attached hydrogens (tertiary/aromatic N) is 1. The average molecular weight is 292 g/mol. The Morgan fingerprint density at radius 3 is 2.52 bits per heavy atom. The number of benzene rings is 1. The minimum absolute atomic E-state index is 0.0430. The molecule has 1 amide bonds. The summed E-state index contributed by atoms with van der Waals surface area (Å²) in [5.41, 5.74) is 7.83. The summed E-state index contributed by atoms with van der Waals surface area (Å²) in [6, 6.07) is 5.18. The summed E-state index contributed by atoms with van der Waals surface area (Å²) >= 11 is 0. The number of ether oxygens (including phenoxy) is 1. The highest BCUT2D eigenvalue weighted by Crippen LogP contribution is 2.15. The van der Waals surface area contributed by atoms with Gasteiger partial charge in [-0.15, -0.1) is 0 Å². The second-order valence-corrected chi connectivity index (χ2v) is 5.46. The number of carbonyl (C=O) groups is 2. The molecule has 116 valence electrons. The van der Waals surface area contributed by atoms with Gasteiger partial charge >= 0.3 is 5.97 Å². The van der Waals surface area contributed by atoms with Gasteiger partial charge in [0.1, 0.15) is 6.54 Å². The minimum atomic E-state index is -0.397. The first kappa shape index (κ1) is 17.0. The largest absolute Gasteiger partial charge is 0.465 e. The number of rotatable bonds is 6. The summed E-state index contributed by atoms with van der Waals surface area (Å²) in [6.07, 6.45) is 0. The molecule has 0 saturated carbocycles. The van der Waals surface area contributed by atoms with Crippen LogP contribution in [0.2, 0.25) is 0 Å². The van der Waals surface area contributed by atoms with Crippen LogP contribution in [0.25, 0.3) is 0 Å². The quantitative estimate of drug-likeness (QED) is 0.644. The van der Waals surface area contributed by atoms with Gasteiger partial charge in [0.15, 0.2) is 0 Å². The number of anilines is 1. The molecule has 0 radical (unpaired) electrons. The van der Waals surface area contributed by atoms with Gasteiger partial charge in [-0.05, 0) is 37.5 Å². The molecule has 0 aliphatic heterocycles. The van der Waals surface area contributed by atoms with E-state index in [4.69, 9.17) is 10.5 Å². The second-order valence-electron chi connectivity index (χ2n) is 5.46. The predicted molar refractivity (Wildman–Crippen MR) is 83.0 cm³/mol. The lowest BCUT2D eigenvalue weighted by atomic mass is 10.1. The highest BCUT2D eigenvalue weighted by molar-refractivity contribution is 5.96. The number of hydrogen-bond acceptors (Lipinski definition) is 4. The van der Waals surface area contributed by atoms with E-state index < -0.39 is 5.97 Å². The summed E-state index contributed by atoms with van der Waals surface area (Å²) in [7, 11) is 0. The molecular formula is C16H24N2O3. The van der Waals surface area contributed by atoms with Crippen LogP contribution < -0.4 is 5.73 Å². The van der Waals surface area contributed by atoms with Crippen molar-refractivity contribution in [3.63, 3.8) is 0 Å². The van der Waals surface area contributed by atoms with Crippen LogP contribution in [0.4, 0.5) is 5.69 Å². The van der Waals surface area contributed by atoms with Crippen molar-refractivity contribution in [3.05, 3.63) is 29.3 Å². The SMILES string of the molecule is CCOC(=O)CN(CC(C)C)C(=O)c1ccc(C)c(N)c1. The van der Waals surface area contributed by atoms with E-state index in [1.54, 1.807) is 25.1 Å². The molecule has 0 unspecified atom stereocenters. The fraction of sp³-hybridized carbons (Fsp3) is 0.500. The lowest BCUT2D eigenvalue weighted by Gasteiger charge is -2.24. The van der Waals surface area contributed by atoms with Crippen LogP contribution in [0.1, 0.15) is 36.7 Å². The van der Waals surface area contributed by atoms with Crippen LogP contribution >= 0.6 is 0 Å². The molecule has 2 N–H and O–H groups in total. The molecular weight excluding hydrogens is 268 g/mol. The topological polar surface area (TPSA) is 72.6 Å². The molecule has 21 heavy (non-hydrogen) atoms. The zero-order chi connectivity index (χ0) is 16.0. The van der Waals surface area contributed by atoms with Gasteiger partial charge in [0.25, 0.3) is 5.91 Å². The standard InChI is InChI=1S/C16H24N2O3/c1-5-21-15(19)10-18(9-11(2)3)16(20)13-7-6-12(4)14(17)8-13/h6-8,11H,5,9-10,17H2,1-4H3. The number of nitrogen functional groups attached to an aromatic ring is 1. The maximum Gasteiger partial charge on any atom is 0.325 e. The molecule has 1 aromatic rings. The predicted octanol–water partition coefficient (Wildman–Crippen LogP) is 2.24. The van der Waals surface area contributed by atoms with Crippen LogP contribution in [0.15, 0.2) is 18.2 Å². The van der Waals surface area contributed by atoms with Crippen LogP contribution in [0.3, 0.4) is 0 Å². The van der Waals surface area contributed by atoms with E-state index in [1.807, 2.05) is 20.8 Å². The zero-order valence-electron chi connectivity index (χ0n) is 13.2. The number of hydrogen-bond donors (Lipinski definition) is 1. The molecule has 0 fully saturated rings. The summed E-state index contributed by atoms with van der Waals surface area (Å²) in [5.74, 6) is -0.346. The van der Waals surface area contributed by atoms with Gasteiger partial charge in [0, 0.05) is 17.8 Å². The van der Waals surface area contributed by atoms with Crippen molar-refractivity contribution in [1.82, 2.24) is 4.90 Å². The van der Waals surface area contributed by atoms with E-state index >= 15 is 0 Å². The van der Waals surface area contributed by atoms with Crippen molar-refractivity contribution in [2.45, 2.75) is 27.7 Å². The Hall–Kier alpha value is -2.04. The maximum atomic E-state index is 12.5. The summed E-state index contributed by atoms with van der Waals surface area (Å²) in [6.45, 7) is 8.37. The second kappa shape index (κ2) is 7.67. The van der Waals surface area contributed by atoms with Crippen LogP contribution in [0, 0.1) is 12.8 Å². The molecule has 5 heteroatoms. The molecule has 5 nitrogen and oxygen atoms in total. The van der Waals surface area contributed by atoms with Gasteiger partial charge in [-0.3, -0.25) is 9.59 Å². The smallest absolute Gasteiger partial charge is 0.325 e. The Morgan fingerprint density at radius 2 is 2.00 bits per heavy atom. The van der Waals surface area contributed by atoms with Gasteiger partial charge in [-0.25, -0.2) is 0 Å². The molecule has 1 aromatic carbocycles. The first-order valence-corrected chi connectivity index (χ1v) is 7.16. The summed E-state index contributed by atoms with van der Waals surface area (Å²) in [4.78, 5) is 25.7. The van der Waals surface area contributed by atoms with Gasteiger partial charge in [-0.2, -0.15) is 0 Å². The summed E-state index contributed by atoms with van der Waals surface area (Å²) < 4.78 is 4.93. The highest BCUT2D eigenvalue weighted by Gasteiger charge is 2.20. The first-order chi connectivity index (χ1) is 9.85. The van der Waals surface area contributed by atoms with Crippen molar-refractivity contribution in [2.75, 3.05) is 25.4 Å². The minimum Gasteiger partial charge on any atom is -0.465 e. The van der Waals surface area contributed by atoms with Crippen molar-refractivity contribution >= 4 is 17.6 Å². The van der Waals surface area contributed by atoms with Crippen molar-refractivity contribution < 1.29 is 14.3 Å². The third kappa shape index (κ3) is 5.10. The Labute approximate surface area is 126 Å². The van der Waals surface area contributed by atoms with E-state index in [9.17, 15) is 9.59 Å². The molecule has 0 bridgehead atoms. The first-order valence-electron chi connectivity index (χ1n) is 7.16. The van der Waals surface area contributed by atoms with Crippen molar-refractivity contribution in [1.29, 1.82) is 0 Å². The molecule has 0 aliphatic rings. The molecule has 0 spiro atoms. The van der Waals surface area contributed by atoms with Gasteiger partial charge in [0.05, 0.1) is 6.61 Å². The molecule has 0 aliphatic carbocycles. The van der Waals surface area contributed by atoms with E-state index in [2.05, 4.69) is 0 Å². The maximum absolute atomic E-state index is 12.5. The molecule has 0 atom stereocenters. The third-order valence-electron chi connectivity index (χ3n) is 3.02. The molecule has 1 rings (SSSR count). The zero-order valence-corrected chi connectivity index (χ0v) is 13.2. The van der Waals surface area contributed by atoms with E-state index in [1.165, 1.54) is 4.90 Å². The third-order valence-corrected chi connectivity index (χ3v) is 3.02. The fourth-order valence-electron chi connectivity index (χ4n) is 1.98. The van der Waals surface area contributed by atoms with Gasteiger partial charge in [0.2, 0.25) is 0 Å². The average Bonchev–Trinajstić information content (AvgIpc) is 2.40. The normalized spacial score (nSPS) is 10.5. The monoisotopic (exact) mass is 292 g/mol. The van der Waals surface area contributed by atoms with E-state index in [0.29, 0.717) is 24.4 Å². The van der Waals surface area contributed by atoms with Crippen molar-refractivity contribution in [3.8, 4) is 0 Å². The molecule has 0 heterocycles.